The highest BCUT2D eigenvalue weighted by atomic mass is 32.1. The highest BCUT2D eigenvalue weighted by Gasteiger charge is 2.18. The van der Waals surface area contributed by atoms with Crippen LogP contribution in [0.2, 0.25) is 0 Å². The molecule has 0 atom stereocenters. The molecule has 0 saturated carbocycles. The molecule has 8 heteroatoms. The molecule has 1 amide bonds. The van der Waals surface area contributed by atoms with Crippen LogP contribution in [-0.4, -0.2) is 21.9 Å². The van der Waals surface area contributed by atoms with Crippen molar-refractivity contribution in [2.24, 2.45) is 4.99 Å². The second-order valence-electron chi connectivity index (χ2n) is 5.69. The predicted molar refractivity (Wildman–Crippen MR) is 107 cm³/mol. The molecule has 0 spiro atoms. The Morgan fingerprint density at radius 1 is 1.22 bits per heavy atom. The number of hydrogen-bond donors (Lipinski definition) is 2. The number of rotatable bonds is 3. The first-order valence-corrected chi connectivity index (χ1v) is 9.13. The lowest BCUT2D eigenvalue weighted by atomic mass is 10.1. The molecule has 2 N–H and O–H groups in total. The van der Waals surface area contributed by atoms with Gasteiger partial charge in [-0.25, -0.2) is 4.39 Å². The number of aromatic nitrogens is 1. The van der Waals surface area contributed by atoms with Gasteiger partial charge in [0, 0.05) is 17.4 Å². The number of halogens is 1. The number of carbonyl (C=O) groups excluding carboxylic acids is 1. The number of benzene rings is 2. The lowest BCUT2D eigenvalue weighted by Gasteiger charge is -2.08. The van der Waals surface area contributed by atoms with Crippen LogP contribution in [0.25, 0.3) is 11.6 Å². The molecule has 1 aliphatic heterocycles. The zero-order valence-electron chi connectivity index (χ0n) is 13.7. The number of nitrogens with zero attached hydrogens (tertiary/aromatic N) is 2. The van der Waals surface area contributed by atoms with Gasteiger partial charge in [0.1, 0.15) is 5.82 Å². The zero-order chi connectivity index (χ0) is 19.0. The molecule has 0 aliphatic carbocycles. The van der Waals surface area contributed by atoms with E-state index in [-0.39, 0.29) is 15.4 Å². The minimum Gasteiger partial charge on any atom is -0.492 e. The van der Waals surface area contributed by atoms with Crippen molar-refractivity contribution in [2.75, 3.05) is 5.43 Å². The normalized spacial score (nSPS) is 13.7. The van der Waals surface area contributed by atoms with E-state index in [1.807, 2.05) is 24.3 Å². The molecular weight excluding hydrogens is 385 g/mol. The molecule has 134 valence electrons. The number of aromatic hydroxyl groups is 1. The number of hydrogen-bond acceptors (Lipinski definition) is 5. The van der Waals surface area contributed by atoms with Gasteiger partial charge in [0.25, 0.3) is 5.91 Å². The molecule has 2 aromatic carbocycles. The Bertz CT molecular complexity index is 1180. The third-order valence-corrected chi connectivity index (χ3v) is 5.30. The van der Waals surface area contributed by atoms with Gasteiger partial charge in [-0.3, -0.25) is 15.2 Å². The molecule has 0 fully saturated rings. The Hall–Kier alpha value is -3.10. The smallest absolute Gasteiger partial charge is 0.273 e. The third kappa shape index (κ3) is 3.20. The molecule has 1 aromatic heterocycles. The Morgan fingerprint density at radius 3 is 2.78 bits per heavy atom. The molecule has 27 heavy (non-hydrogen) atoms. The van der Waals surface area contributed by atoms with Crippen LogP contribution in [0.3, 0.4) is 0 Å². The monoisotopic (exact) mass is 397 g/mol. The van der Waals surface area contributed by atoms with Crippen LogP contribution in [0, 0.1) is 9.77 Å². The zero-order valence-corrected chi connectivity index (χ0v) is 15.4. The molecular formula is C19H12FN3O2S2. The summed E-state index contributed by atoms with van der Waals surface area (Å²) in [6.45, 7) is 0. The number of para-hydroxylation sites is 1. The maximum atomic E-state index is 13.8. The van der Waals surface area contributed by atoms with Gasteiger partial charge >= 0.3 is 0 Å². The maximum Gasteiger partial charge on any atom is 0.273 e. The summed E-state index contributed by atoms with van der Waals surface area (Å²) in [5.74, 6) is -1.58. The van der Waals surface area contributed by atoms with Gasteiger partial charge in [0.2, 0.25) is 5.88 Å². The standard InChI is InChI=1S/C19H12FN3O2S2/c20-14-7-3-1-6-13(14)17(24)22-23-18(25)16(27-19(23)26)9-11-10-21-15-8-4-2-5-12(11)15/h1-10,25H,(H,22,24). The summed E-state index contributed by atoms with van der Waals surface area (Å²) in [4.78, 5) is 17.1. The third-order valence-electron chi connectivity index (χ3n) is 3.99. The maximum absolute atomic E-state index is 13.8. The molecule has 4 rings (SSSR count). The van der Waals surface area contributed by atoms with Crippen molar-refractivity contribution < 1.29 is 14.3 Å². The van der Waals surface area contributed by atoms with E-state index >= 15 is 0 Å². The topological polar surface area (TPSA) is 66.6 Å². The van der Waals surface area contributed by atoms with E-state index < -0.39 is 11.7 Å². The highest BCUT2D eigenvalue weighted by molar-refractivity contribution is 7.73. The Morgan fingerprint density at radius 2 is 1.96 bits per heavy atom. The van der Waals surface area contributed by atoms with E-state index in [4.69, 9.17) is 12.2 Å². The summed E-state index contributed by atoms with van der Waals surface area (Å²) in [5, 5.41) is 10.5. The summed E-state index contributed by atoms with van der Waals surface area (Å²) in [5.41, 5.74) is 4.91. The van der Waals surface area contributed by atoms with Crippen molar-refractivity contribution in [3.8, 4) is 5.88 Å². The second kappa shape index (κ2) is 6.90. The Kier molecular flexibility index (Phi) is 4.43. The second-order valence-corrected chi connectivity index (χ2v) is 7.36. The fourth-order valence-corrected chi connectivity index (χ4v) is 3.86. The minimum atomic E-state index is -0.704. The average Bonchev–Trinajstić information content (AvgIpc) is 3.19. The summed E-state index contributed by atoms with van der Waals surface area (Å²) in [6, 6.07) is 13.2. The van der Waals surface area contributed by atoms with Crippen LogP contribution in [-0.2, 0) is 0 Å². The van der Waals surface area contributed by atoms with E-state index in [0.717, 1.165) is 32.8 Å². The van der Waals surface area contributed by atoms with Crippen LogP contribution < -0.4 is 5.43 Å². The van der Waals surface area contributed by atoms with Crippen molar-refractivity contribution in [3.63, 3.8) is 0 Å². The molecule has 5 nitrogen and oxygen atoms in total. The molecule has 0 saturated heterocycles. The number of fused-ring (bicyclic) bond motifs is 1. The first-order chi connectivity index (χ1) is 13.0. The summed E-state index contributed by atoms with van der Waals surface area (Å²) >= 11 is 6.36. The lowest BCUT2D eigenvalue weighted by Crippen LogP contribution is -2.23. The molecule has 2 heterocycles. The first-order valence-electron chi connectivity index (χ1n) is 7.90. The Labute approximate surface area is 162 Å². The van der Waals surface area contributed by atoms with Crippen molar-refractivity contribution >= 4 is 53.0 Å². The van der Waals surface area contributed by atoms with Crippen LogP contribution in [0.5, 0.6) is 5.88 Å². The number of allylic oxidation sites excluding steroid dienone is 1. The van der Waals surface area contributed by atoms with E-state index in [1.54, 1.807) is 18.4 Å². The van der Waals surface area contributed by atoms with Crippen molar-refractivity contribution in [1.82, 2.24) is 4.68 Å². The van der Waals surface area contributed by atoms with Crippen molar-refractivity contribution in [3.05, 3.63) is 74.3 Å². The van der Waals surface area contributed by atoms with Crippen molar-refractivity contribution in [1.29, 1.82) is 0 Å². The average molecular weight is 397 g/mol. The highest BCUT2D eigenvalue weighted by Crippen LogP contribution is 2.35. The summed E-state index contributed by atoms with van der Waals surface area (Å²) in [7, 11) is 0. The van der Waals surface area contributed by atoms with Crippen LogP contribution in [0.4, 0.5) is 10.1 Å². The SMILES string of the molecule is O=C(Nn1c(O)c(C=C2C=Nc3ccccc32)sc1=S)c1ccccc1F. The summed E-state index contributed by atoms with van der Waals surface area (Å²) < 4.78 is 15.1. The van der Waals surface area contributed by atoms with Gasteiger partial charge < -0.3 is 5.11 Å². The minimum absolute atomic E-state index is 0.137. The van der Waals surface area contributed by atoms with Gasteiger partial charge in [0.05, 0.1) is 16.1 Å². The molecule has 1 aliphatic rings. The number of nitrogens with one attached hydrogen (secondary N) is 1. The Balaban J connectivity index is 1.67. The fraction of sp³-hybridized carbons (Fsp3) is 0. The number of aliphatic imine (C=N–C) groups is 1. The largest absolute Gasteiger partial charge is 0.492 e. The predicted octanol–water partition coefficient (Wildman–Crippen LogP) is 4.76. The lowest BCUT2D eigenvalue weighted by molar-refractivity contribution is 0.100. The van der Waals surface area contributed by atoms with Crippen LogP contribution >= 0.6 is 23.6 Å². The molecule has 0 unspecified atom stereocenters. The van der Waals surface area contributed by atoms with E-state index in [1.165, 1.54) is 18.2 Å². The van der Waals surface area contributed by atoms with Crippen LogP contribution in [0.15, 0.2) is 53.5 Å². The van der Waals surface area contributed by atoms with Gasteiger partial charge in [-0.15, -0.1) is 0 Å². The van der Waals surface area contributed by atoms with E-state index in [0.29, 0.717) is 4.88 Å². The molecule has 0 radical (unpaired) electrons. The van der Waals surface area contributed by atoms with E-state index in [9.17, 15) is 14.3 Å². The van der Waals surface area contributed by atoms with Crippen molar-refractivity contribution in [2.45, 2.75) is 0 Å². The quantitative estimate of drug-likeness (QED) is 0.626. The number of thiazole rings is 1. The van der Waals surface area contributed by atoms with Crippen LogP contribution in [0.1, 0.15) is 20.8 Å². The van der Waals surface area contributed by atoms with Gasteiger partial charge in [0.15, 0.2) is 3.95 Å². The summed E-state index contributed by atoms with van der Waals surface area (Å²) in [6.07, 6.45) is 3.45. The molecule has 3 aromatic rings. The fourth-order valence-electron chi connectivity index (χ4n) is 2.68. The van der Waals surface area contributed by atoms with E-state index in [2.05, 4.69) is 10.4 Å². The van der Waals surface area contributed by atoms with Gasteiger partial charge in [-0.1, -0.05) is 41.7 Å². The number of amides is 1. The first kappa shape index (κ1) is 17.3. The van der Waals surface area contributed by atoms with Gasteiger partial charge in [-0.2, -0.15) is 4.68 Å². The molecule has 0 bridgehead atoms. The van der Waals surface area contributed by atoms with Gasteiger partial charge in [-0.05, 0) is 36.5 Å². The number of carbonyl (C=O) groups is 1.